The Morgan fingerprint density at radius 2 is 2.00 bits per heavy atom. The molecule has 1 aromatic heterocycles. The summed E-state index contributed by atoms with van der Waals surface area (Å²) < 4.78 is 29.2. The Kier molecular flexibility index (Phi) is 4.04. The van der Waals surface area contributed by atoms with E-state index in [4.69, 9.17) is 4.42 Å². The highest BCUT2D eigenvalue weighted by Gasteiger charge is 2.08. The van der Waals surface area contributed by atoms with Crippen LogP contribution in [-0.4, -0.2) is 25.6 Å². The van der Waals surface area contributed by atoms with Crippen molar-refractivity contribution >= 4 is 21.6 Å². The second-order valence-corrected chi connectivity index (χ2v) is 5.88. The van der Waals surface area contributed by atoms with Crippen molar-refractivity contribution in [2.75, 3.05) is 11.0 Å². The van der Waals surface area contributed by atoms with Crippen molar-refractivity contribution < 1.29 is 17.6 Å². The van der Waals surface area contributed by atoms with Gasteiger partial charge >= 0.3 is 0 Å². The predicted molar refractivity (Wildman–Crippen MR) is 72.6 cm³/mol. The van der Waals surface area contributed by atoms with Crippen LogP contribution in [0, 0.1) is 0 Å². The van der Waals surface area contributed by atoms with Crippen LogP contribution in [0.3, 0.4) is 0 Å². The Balaban J connectivity index is 1.93. The number of sulfonamides is 1. The van der Waals surface area contributed by atoms with Crippen LogP contribution in [0.1, 0.15) is 16.1 Å². The second kappa shape index (κ2) is 5.74. The molecule has 2 rings (SSSR count). The number of benzene rings is 1. The summed E-state index contributed by atoms with van der Waals surface area (Å²) in [4.78, 5) is 15.3. The van der Waals surface area contributed by atoms with Gasteiger partial charge in [-0.2, -0.15) is 0 Å². The van der Waals surface area contributed by atoms with Gasteiger partial charge < -0.3 is 9.73 Å². The molecule has 0 fully saturated rings. The maximum atomic E-state index is 11.6. The first-order chi connectivity index (χ1) is 9.44. The number of amides is 1. The smallest absolute Gasteiger partial charge is 0.273 e. The highest BCUT2D eigenvalue weighted by atomic mass is 32.2. The lowest BCUT2D eigenvalue weighted by Crippen LogP contribution is -2.23. The van der Waals surface area contributed by atoms with E-state index in [9.17, 15) is 13.2 Å². The van der Waals surface area contributed by atoms with Crippen molar-refractivity contribution in [1.82, 2.24) is 10.3 Å². The van der Waals surface area contributed by atoms with E-state index < -0.39 is 10.0 Å². The minimum atomic E-state index is -3.28. The summed E-state index contributed by atoms with van der Waals surface area (Å²) in [6.07, 6.45) is 3.52. The molecule has 1 aromatic carbocycles. The fraction of sp³-hybridized carbons (Fsp3) is 0.167. The summed E-state index contributed by atoms with van der Waals surface area (Å²) in [5.41, 5.74) is 1.51. The third-order valence-corrected chi connectivity index (χ3v) is 2.98. The molecule has 8 heteroatoms. The molecule has 1 heterocycles. The number of aromatic nitrogens is 1. The van der Waals surface area contributed by atoms with Gasteiger partial charge in [0, 0.05) is 12.2 Å². The van der Waals surface area contributed by atoms with E-state index in [0.29, 0.717) is 12.2 Å². The summed E-state index contributed by atoms with van der Waals surface area (Å²) >= 11 is 0. The van der Waals surface area contributed by atoms with E-state index in [1.807, 2.05) is 0 Å². The van der Waals surface area contributed by atoms with E-state index in [0.717, 1.165) is 11.8 Å². The number of carbonyl (C=O) groups excluding carboxylic acids is 1. The van der Waals surface area contributed by atoms with Crippen LogP contribution < -0.4 is 10.0 Å². The fourth-order valence-corrected chi connectivity index (χ4v) is 2.07. The van der Waals surface area contributed by atoms with Crippen molar-refractivity contribution in [3.63, 3.8) is 0 Å². The van der Waals surface area contributed by atoms with E-state index in [1.165, 1.54) is 12.7 Å². The molecule has 20 heavy (non-hydrogen) atoms. The molecule has 0 aliphatic rings. The zero-order valence-corrected chi connectivity index (χ0v) is 11.5. The minimum Gasteiger partial charge on any atom is -0.451 e. The molecular weight excluding hydrogens is 282 g/mol. The van der Waals surface area contributed by atoms with Gasteiger partial charge in [-0.05, 0) is 17.7 Å². The average Bonchev–Trinajstić information content (AvgIpc) is 2.89. The molecule has 0 saturated heterocycles. The first-order valence-corrected chi connectivity index (χ1v) is 7.56. The van der Waals surface area contributed by atoms with Gasteiger partial charge in [0.05, 0.1) is 6.26 Å². The molecule has 7 nitrogen and oxygen atoms in total. The van der Waals surface area contributed by atoms with Crippen LogP contribution in [0.15, 0.2) is 41.3 Å². The Morgan fingerprint density at radius 1 is 1.30 bits per heavy atom. The number of nitrogens with zero attached hydrogens (tertiary/aromatic N) is 1. The van der Waals surface area contributed by atoms with Crippen molar-refractivity contribution in [2.45, 2.75) is 6.54 Å². The van der Waals surface area contributed by atoms with Gasteiger partial charge in [-0.1, -0.05) is 12.1 Å². The molecule has 0 aliphatic carbocycles. The number of hydrogen-bond acceptors (Lipinski definition) is 5. The Morgan fingerprint density at radius 3 is 2.55 bits per heavy atom. The molecule has 0 unspecified atom stereocenters. The molecule has 0 saturated carbocycles. The maximum Gasteiger partial charge on any atom is 0.273 e. The first-order valence-electron chi connectivity index (χ1n) is 5.67. The van der Waals surface area contributed by atoms with Crippen LogP contribution in [0.25, 0.3) is 0 Å². The number of hydrogen-bond donors (Lipinski definition) is 2. The van der Waals surface area contributed by atoms with E-state index >= 15 is 0 Å². The third-order valence-electron chi connectivity index (χ3n) is 2.38. The van der Waals surface area contributed by atoms with Gasteiger partial charge in [-0.3, -0.25) is 9.52 Å². The molecular formula is C12H13N3O4S. The lowest BCUT2D eigenvalue weighted by molar-refractivity contribution is 0.0946. The zero-order chi connectivity index (χ0) is 14.6. The summed E-state index contributed by atoms with van der Waals surface area (Å²) in [5, 5.41) is 2.67. The molecule has 0 spiro atoms. The highest BCUT2D eigenvalue weighted by molar-refractivity contribution is 7.92. The Labute approximate surface area is 116 Å². The standard InChI is InChI=1S/C12H13N3O4S/c1-20(17,18)15-10-4-2-9(3-5-10)6-13-12(16)11-7-19-8-14-11/h2-5,7-8,15H,6H2,1H3,(H,13,16). The number of nitrogens with one attached hydrogen (secondary N) is 2. The molecule has 2 N–H and O–H groups in total. The predicted octanol–water partition coefficient (Wildman–Crippen LogP) is 0.976. The van der Waals surface area contributed by atoms with Crippen LogP contribution in [-0.2, 0) is 16.6 Å². The van der Waals surface area contributed by atoms with Crippen LogP contribution in [0.2, 0.25) is 0 Å². The summed E-state index contributed by atoms with van der Waals surface area (Å²) in [7, 11) is -3.28. The van der Waals surface area contributed by atoms with Gasteiger partial charge in [0.25, 0.3) is 5.91 Å². The van der Waals surface area contributed by atoms with Crippen LogP contribution in [0.4, 0.5) is 5.69 Å². The SMILES string of the molecule is CS(=O)(=O)Nc1ccc(CNC(=O)c2cocn2)cc1. The van der Waals surface area contributed by atoms with Gasteiger partial charge in [-0.25, -0.2) is 13.4 Å². The third kappa shape index (κ3) is 4.09. The normalized spacial score (nSPS) is 11.1. The number of rotatable bonds is 5. The van der Waals surface area contributed by atoms with E-state index in [-0.39, 0.29) is 11.6 Å². The van der Waals surface area contributed by atoms with Crippen molar-refractivity contribution in [3.8, 4) is 0 Å². The second-order valence-electron chi connectivity index (χ2n) is 4.13. The van der Waals surface area contributed by atoms with E-state index in [2.05, 4.69) is 15.0 Å². The van der Waals surface area contributed by atoms with Crippen molar-refractivity contribution in [3.05, 3.63) is 48.2 Å². The van der Waals surface area contributed by atoms with Crippen LogP contribution in [0.5, 0.6) is 0 Å². The Bertz CT molecular complexity index is 678. The molecule has 2 aromatic rings. The lowest BCUT2D eigenvalue weighted by Gasteiger charge is -2.06. The topological polar surface area (TPSA) is 101 Å². The summed E-state index contributed by atoms with van der Waals surface area (Å²) in [6.45, 7) is 0.310. The van der Waals surface area contributed by atoms with Crippen LogP contribution >= 0.6 is 0 Å². The van der Waals surface area contributed by atoms with Gasteiger partial charge in [-0.15, -0.1) is 0 Å². The molecule has 0 radical (unpaired) electrons. The fourth-order valence-electron chi connectivity index (χ4n) is 1.50. The quantitative estimate of drug-likeness (QED) is 0.856. The number of carbonyl (C=O) groups is 1. The maximum absolute atomic E-state index is 11.6. The largest absolute Gasteiger partial charge is 0.451 e. The van der Waals surface area contributed by atoms with Gasteiger partial charge in [0.2, 0.25) is 10.0 Å². The summed E-state index contributed by atoms with van der Waals surface area (Å²) in [5.74, 6) is -0.336. The molecule has 0 bridgehead atoms. The summed E-state index contributed by atoms with van der Waals surface area (Å²) in [6, 6.07) is 6.68. The lowest BCUT2D eigenvalue weighted by atomic mass is 10.2. The monoisotopic (exact) mass is 295 g/mol. The van der Waals surface area contributed by atoms with E-state index in [1.54, 1.807) is 24.3 Å². The van der Waals surface area contributed by atoms with Crippen molar-refractivity contribution in [1.29, 1.82) is 0 Å². The van der Waals surface area contributed by atoms with Gasteiger partial charge in [0.1, 0.15) is 6.26 Å². The minimum absolute atomic E-state index is 0.209. The van der Waals surface area contributed by atoms with Gasteiger partial charge in [0.15, 0.2) is 12.1 Å². The zero-order valence-electron chi connectivity index (χ0n) is 10.7. The Hall–Kier alpha value is -2.35. The molecule has 106 valence electrons. The molecule has 0 atom stereocenters. The van der Waals surface area contributed by atoms with Crippen molar-refractivity contribution in [2.24, 2.45) is 0 Å². The first kappa shape index (κ1) is 14.1. The molecule has 1 amide bonds. The molecule has 0 aliphatic heterocycles. The number of anilines is 1. The highest BCUT2D eigenvalue weighted by Crippen LogP contribution is 2.10. The average molecular weight is 295 g/mol. The number of oxazole rings is 1.